The molecule has 0 amide bonds. The van der Waals surface area contributed by atoms with Crippen LogP contribution in [0.15, 0.2) is 6.07 Å². The van der Waals surface area contributed by atoms with Crippen LogP contribution in [0.4, 0.5) is 5.95 Å². The molecule has 1 aliphatic rings. The third-order valence-electron chi connectivity index (χ3n) is 4.23. The monoisotopic (exact) mass is 293 g/mol. The van der Waals surface area contributed by atoms with Gasteiger partial charge in [-0.2, -0.15) is 4.98 Å². The predicted octanol–water partition coefficient (Wildman–Crippen LogP) is 2.12. The van der Waals surface area contributed by atoms with E-state index in [4.69, 9.17) is 4.74 Å². The maximum Gasteiger partial charge on any atom is 0.311 e. The molecule has 0 spiro atoms. The summed E-state index contributed by atoms with van der Waals surface area (Å²) in [5, 5.41) is 9.60. The molecule has 116 valence electrons. The Labute approximate surface area is 125 Å². The van der Waals surface area contributed by atoms with Crippen molar-refractivity contribution in [3.8, 4) is 5.88 Å². The number of hydrogen-bond acceptors (Lipinski definition) is 5. The fourth-order valence-corrected chi connectivity index (χ4v) is 2.78. The van der Waals surface area contributed by atoms with Crippen LogP contribution in [0, 0.1) is 18.3 Å². The lowest BCUT2D eigenvalue weighted by Crippen LogP contribution is -2.39. The third-order valence-corrected chi connectivity index (χ3v) is 4.23. The maximum atomic E-state index is 11.7. The molecule has 6 nitrogen and oxygen atoms in total. The number of carboxylic acids is 1. The summed E-state index contributed by atoms with van der Waals surface area (Å²) in [6, 6.07) is 1.79. The summed E-state index contributed by atoms with van der Waals surface area (Å²) in [4.78, 5) is 22.4. The first-order valence-electron chi connectivity index (χ1n) is 7.36. The molecule has 0 aromatic carbocycles. The van der Waals surface area contributed by atoms with Gasteiger partial charge in [-0.25, -0.2) is 4.98 Å². The van der Waals surface area contributed by atoms with Gasteiger partial charge in [0.15, 0.2) is 0 Å². The first-order chi connectivity index (χ1) is 9.89. The fraction of sp³-hybridized carbons (Fsp3) is 0.667. The number of ether oxygens (including phenoxy) is 1. The Morgan fingerprint density at radius 2 is 2.24 bits per heavy atom. The van der Waals surface area contributed by atoms with E-state index in [9.17, 15) is 9.90 Å². The highest BCUT2D eigenvalue weighted by Gasteiger charge is 2.48. The van der Waals surface area contributed by atoms with Crippen molar-refractivity contribution in [3.05, 3.63) is 11.8 Å². The molecule has 1 aromatic heterocycles. The number of aliphatic carboxylic acids is 1. The highest BCUT2D eigenvalue weighted by molar-refractivity contribution is 5.77. The van der Waals surface area contributed by atoms with E-state index in [2.05, 4.69) is 9.97 Å². The second-order valence-corrected chi connectivity index (χ2v) is 5.87. The standard InChI is InChI=1S/C15H23N3O3/c1-5-21-12-8-11(4)16-14(17-12)18-7-6-15(9-18,10(2)3)13(19)20/h8,10H,5-7,9H2,1-4H3,(H,19,20). The van der Waals surface area contributed by atoms with Gasteiger partial charge in [0, 0.05) is 24.8 Å². The van der Waals surface area contributed by atoms with Gasteiger partial charge >= 0.3 is 5.97 Å². The average Bonchev–Trinajstić information content (AvgIpc) is 2.84. The van der Waals surface area contributed by atoms with Crippen molar-refractivity contribution in [1.29, 1.82) is 0 Å². The van der Waals surface area contributed by atoms with Gasteiger partial charge in [-0.1, -0.05) is 13.8 Å². The first-order valence-corrected chi connectivity index (χ1v) is 7.36. The Morgan fingerprint density at radius 1 is 1.52 bits per heavy atom. The quantitative estimate of drug-likeness (QED) is 0.896. The minimum absolute atomic E-state index is 0.0659. The number of aromatic nitrogens is 2. The van der Waals surface area contributed by atoms with Gasteiger partial charge in [0.1, 0.15) is 0 Å². The molecular formula is C15H23N3O3. The first kappa shape index (κ1) is 15.5. The maximum absolute atomic E-state index is 11.7. The van der Waals surface area contributed by atoms with Gasteiger partial charge in [0.05, 0.1) is 12.0 Å². The van der Waals surface area contributed by atoms with Crippen LogP contribution in [0.3, 0.4) is 0 Å². The summed E-state index contributed by atoms with van der Waals surface area (Å²) >= 11 is 0. The van der Waals surface area contributed by atoms with Crippen molar-refractivity contribution in [3.63, 3.8) is 0 Å². The number of carbonyl (C=O) groups is 1. The molecule has 2 rings (SSSR count). The second-order valence-electron chi connectivity index (χ2n) is 5.87. The molecule has 2 heterocycles. The van der Waals surface area contributed by atoms with Gasteiger partial charge in [-0.3, -0.25) is 4.79 Å². The molecule has 1 N–H and O–H groups in total. The van der Waals surface area contributed by atoms with Crippen LogP contribution < -0.4 is 9.64 Å². The number of anilines is 1. The van der Waals surface area contributed by atoms with E-state index >= 15 is 0 Å². The molecule has 21 heavy (non-hydrogen) atoms. The summed E-state index contributed by atoms with van der Waals surface area (Å²) < 4.78 is 5.44. The van der Waals surface area contributed by atoms with Crippen molar-refractivity contribution < 1.29 is 14.6 Å². The summed E-state index contributed by atoms with van der Waals surface area (Å²) in [7, 11) is 0. The van der Waals surface area contributed by atoms with Crippen LogP contribution in [0.2, 0.25) is 0 Å². The van der Waals surface area contributed by atoms with E-state index in [1.807, 2.05) is 32.6 Å². The number of carboxylic acid groups (broad SMARTS) is 1. The van der Waals surface area contributed by atoms with Gasteiger partial charge in [-0.15, -0.1) is 0 Å². The molecule has 1 unspecified atom stereocenters. The van der Waals surface area contributed by atoms with Crippen molar-refractivity contribution in [2.75, 3.05) is 24.6 Å². The zero-order chi connectivity index (χ0) is 15.6. The summed E-state index contributed by atoms with van der Waals surface area (Å²) in [5.74, 6) is 0.424. The SMILES string of the molecule is CCOc1cc(C)nc(N2CCC(C(=O)O)(C(C)C)C2)n1. The fourth-order valence-electron chi connectivity index (χ4n) is 2.78. The number of rotatable bonds is 5. The average molecular weight is 293 g/mol. The smallest absolute Gasteiger partial charge is 0.311 e. The van der Waals surface area contributed by atoms with E-state index in [1.54, 1.807) is 6.07 Å². The largest absolute Gasteiger partial charge is 0.481 e. The zero-order valence-corrected chi connectivity index (χ0v) is 13.1. The van der Waals surface area contributed by atoms with E-state index in [1.165, 1.54) is 0 Å². The second kappa shape index (κ2) is 5.87. The molecule has 0 aliphatic carbocycles. The Kier molecular flexibility index (Phi) is 4.34. The Balaban J connectivity index is 2.27. The van der Waals surface area contributed by atoms with E-state index in [0.29, 0.717) is 37.9 Å². The molecule has 1 fully saturated rings. The number of hydrogen-bond donors (Lipinski definition) is 1. The molecule has 0 saturated carbocycles. The normalized spacial score (nSPS) is 21.9. The molecule has 1 atom stereocenters. The third kappa shape index (κ3) is 2.94. The van der Waals surface area contributed by atoms with E-state index < -0.39 is 11.4 Å². The Morgan fingerprint density at radius 3 is 2.76 bits per heavy atom. The summed E-state index contributed by atoms with van der Waals surface area (Å²) in [5.41, 5.74) is 0.0969. The molecule has 0 radical (unpaired) electrons. The van der Waals surface area contributed by atoms with Crippen LogP contribution in [-0.4, -0.2) is 40.7 Å². The zero-order valence-electron chi connectivity index (χ0n) is 13.1. The van der Waals surface area contributed by atoms with Crippen LogP contribution in [0.5, 0.6) is 5.88 Å². The number of nitrogens with zero attached hydrogens (tertiary/aromatic N) is 3. The van der Waals surface area contributed by atoms with Gasteiger partial charge in [-0.05, 0) is 26.2 Å². The summed E-state index contributed by atoms with van der Waals surface area (Å²) in [6.07, 6.45) is 0.612. The molecule has 1 aromatic rings. The lowest BCUT2D eigenvalue weighted by Gasteiger charge is -2.28. The van der Waals surface area contributed by atoms with Crippen LogP contribution >= 0.6 is 0 Å². The van der Waals surface area contributed by atoms with E-state index in [0.717, 1.165) is 5.69 Å². The minimum Gasteiger partial charge on any atom is -0.481 e. The molecular weight excluding hydrogens is 270 g/mol. The van der Waals surface area contributed by atoms with Gasteiger partial charge in [0.2, 0.25) is 11.8 Å². The minimum atomic E-state index is -0.738. The molecule has 0 bridgehead atoms. The van der Waals surface area contributed by atoms with E-state index in [-0.39, 0.29) is 5.92 Å². The lowest BCUT2D eigenvalue weighted by atomic mass is 9.76. The van der Waals surface area contributed by atoms with Crippen molar-refractivity contribution in [2.45, 2.75) is 34.1 Å². The van der Waals surface area contributed by atoms with Gasteiger partial charge in [0.25, 0.3) is 0 Å². The van der Waals surface area contributed by atoms with Crippen molar-refractivity contribution in [2.24, 2.45) is 11.3 Å². The van der Waals surface area contributed by atoms with Crippen molar-refractivity contribution >= 4 is 11.9 Å². The highest BCUT2D eigenvalue weighted by atomic mass is 16.5. The topological polar surface area (TPSA) is 75.5 Å². The molecule has 1 aliphatic heterocycles. The highest BCUT2D eigenvalue weighted by Crippen LogP contribution is 2.39. The van der Waals surface area contributed by atoms with Crippen LogP contribution in [-0.2, 0) is 4.79 Å². The Bertz CT molecular complexity index is 533. The lowest BCUT2D eigenvalue weighted by molar-refractivity contribution is -0.150. The molecule has 6 heteroatoms. The molecule has 1 saturated heterocycles. The van der Waals surface area contributed by atoms with Gasteiger partial charge < -0.3 is 14.7 Å². The van der Waals surface area contributed by atoms with Crippen LogP contribution in [0.1, 0.15) is 32.9 Å². The predicted molar refractivity (Wildman–Crippen MR) is 79.7 cm³/mol. The van der Waals surface area contributed by atoms with Crippen LogP contribution in [0.25, 0.3) is 0 Å². The Hall–Kier alpha value is -1.85. The van der Waals surface area contributed by atoms with Crippen molar-refractivity contribution in [1.82, 2.24) is 9.97 Å². The summed E-state index contributed by atoms with van der Waals surface area (Å²) in [6.45, 7) is 9.34. The number of aryl methyl sites for hydroxylation is 1.